The van der Waals surface area contributed by atoms with E-state index in [1.165, 1.54) is 6.42 Å². The number of carbonyl (C=O) groups excluding carboxylic acids is 1. The summed E-state index contributed by atoms with van der Waals surface area (Å²) >= 11 is 0. The van der Waals surface area contributed by atoms with E-state index in [1.54, 1.807) is 0 Å². The molecule has 3 aliphatic rings. The third kappa shape index (κ3) is 4.19. The van der Waals surface area contributed by atoms with Crippen molar-refractivity contribution in [3.05, 3.63) is 0 Å². The maximum Gasteiger partial charge on any atom is 0.224 e. The number of morpholine rings is 1. The van der Waals surface area contributed by atoms with E-state index in [2.05, 4.69) is 17.1 Å². The van der Waals surface area contributed by atoms with E-state index in [9.17, 15) is 4.79 Å². The lowest BCUT2D eigenvalue weighted by Gasteiger charge is -2.27. The Kier molecular flexibility index (Phi) is 5.94. The lowest BCUT2D eigenvalue weighted by molar-refractivity contribution is -0.135. The SMILES string of the molecule is CCNC(=NCCC(=O)N1CCOCC1)N1CCC2(CCOC2)C1. The van der Waals surface area contributed by atoms with Crippen LogP contribution < -0.4 is 5.32 Å². The minimum Gasteiger partial charge on any atom is -0.381 e. The molecule has 0 aromatic carbocycles. The van der Waals surface area contributed by atoms with E-state index in [-0.39, 0.29) is 5.91 Å². The molecule has 3 saturated heterocycles. The number of nitrogens with one attached hydrogen (secondary N) is 1. The van der Waals surface area contributed by atoms with E-state index in [0.717, 1.165) is 45.2 Å². The van der Waals surface area contributed by atoms with E-state index >= 15 is 0 Å². The molecule has 1 amide bonds. The Morgan fingerprint density at radius 1 is 1.12 bits per heavy atom. The van der Waals surface area contributed by atoms with Gasteiger partial charge in [0.05, 0.1) is 26.4 Å². The maximum atomic E-state index is 12.2. The standard InChI is InChI=1S/C17H30N4O3/c1-2-18-16(21-7-4-17(13-21)5-10-24-14-17)19-6-3-15(22)20-8-11-23-12-9-20/h2-14H2,1H3,(H,18,19). The van der Waals surface area contributed by atoms with Crippen LogP contribution in [-0.2, 0) is 14.3 Å². The Morgan fingerprint density at radius 2 is 1.96 bits per heavy atom. The van der Waals surface area contributed by atoms with Crippen molar-refractivity contribution >= 4 is 11.9 Å². The third-order valence-corrected chi connectivity index (χ3v) is 5.21. The maximum absolute atomic E-state index is 12.2. The number of rotatable bonds is 4. The number of ether oxygens (including phenoxy) is 2. The molecular formula is C17H30N4O3. The number of hydrogen-bond acceptors (Lipinski definition) is 4. The topological polar surface area (TPSA) is 66.4 Å². The van der Waals surface area contributed by atoms with Crippen LogP contribution in [-0.4, -0.2) is 87.4 Å². The summed E-state index contributed by atoms with van der Waals surface area (Å²) in [5.74, 6) is 1.12. The van der Waals surface area contributed by atoms with Crippen molar-refractivity contribution in [2.24, 2.45) is 10.4 Å². The predicted molar refractivity (Wildman–Crippen MR) is 92.1 cm³/mol. The summed E-state index contributed by atoms with van der Waals surface area (Å²) in [6.07, 6.45) is 2.79. The smallest absolute Gasteiger partial charge is 0.224 e. The van der Waals surface area contributed by atoms with E-state index < -0.39 is 0 Å². The highest BCUT2D eigenvalue weighted by atomic mass is 16.5. The molecular weight excluding hydrogens is 308 g/mol. The fraction of sp³-hybridized carbons (Fsp3) is 0.882. The summed E-state index contributed by atoms with van der Waals surface area (Å²) in [4.78, 5) is 21.1. The number of guanidine groups is 1. The summed E-state index contributed by atoms with van der Waals surface area (Å²) < 4.78 is 10.9. The van der Waals surface area contributed by atoms with Gasteiger partial charge < -0.3 is 24.6 Å². The number of aliphatic imine (C=N–C) groups is 1. The first-order valence-corrected chi connectivity index (χ1v) is 9.19. The van der Waals surface area contributed by atoms with E-state index in [0.29, 0.717) is 44.7 Å². The molecule has 0 aromatic rings. The minimum absolute atomic E-state index is 0.181. The van der Waals surface area contributed by atoms with Gasteiger partial charge in [-0.3, -0.25) is 9.79 Å². The first-order valence-electron chi connectivity index (χ1n) is 9.19. The van der Waals surface area contributed by atoms with Crippen molar-refractivity contribution in [3.8, 4) is 0 Å². The van der Waals surface area contributed by atoms with Gasteiger partial charge in [-0.05, 0) is 19.8 Å². The molecule has 1 spiro atoms. The quantitative estimate of drug-likeness (QED) is 0.590. The Hall–Kier alpha value is -1.34. The molecule has 0 radical (unpaired) electrons. The Labute approximate surface area is 144 Å². The molecule has 0 aliphatic carbocycles. The Bertz CT molecular complexity index is 457. The average molecular weight is 338 g/mol. The highest BCUT2D eigenvalue weighted by Crippen LogP contribution is 2.38. The van der Waals surface area contributed by atoms with Gasteiger partial charge in [-0.15, -0.1) is 0 Å². The molecule has 7 nitrogen and oxygen atoms in total. The zero-order valence-electron chi connectivity index (χ0n) is 14.8. The normalized spacial score (nSPS) is 28.0. The Morgan fingerprint density at radius 3 is 2.67 bits per heavy atom. The lowest BCUT2D eigenvalue weighted by Crippen LogP contribution is -2.42. The monoisotopic (exact) mass is 338 g/mol. The molecule has 0 bridgehead atoms. The van der Waals surface area contributed by atoms with Crippen LogP contribution in [0.5, 0.6) is 0 Å². The van der Waals surface area contributed by atoms with Gasteiger partial charge in [0.25, 0.3) is 0 Å². The fourth-order valence-corrected chi connectivity index (χ4v) is 3.74. The molecule has 1 atom stereocenters. The van der Waals surface area contributed by atoms with Crippen molar-refractivity contribution < 1.29 is 14.3 Å². The molecule has 24 heavy (non-hydrogen) atoms. The first-order chi connectivity index (χ1) is 11.7. The van der Waals surface area contributed by atoms with Gasteiger partial charge in [0, 0.05) is 51.2 Å². The Balaban J connectivity index is 1.51. The number of hydrogen-bond donors (Lipinski definition) is 1. The van der Waals surface area contributed by atoms with Gasteiger partial charge >= 0.3 is 0 Å². The molecule has 0 aromatic heterocycles. The molecule has 0 saturated carbocycles. The summed E-state index contributed by atoms with van der Waals surface area (Å²) in [7, 11) is 0. The number of likely N-dealkylation sites (tertiary alicyclic amines) is 1. The number of carbonyl (C=O) groups is 1. The van der Waals surface area contributed by atoms with Crippen LogP contribution in [0.2, 0.25) is 0 Å². The minimum atomic E-state index is 0.181. The molecule has 7 heteroatoms. The second kappa shape index (κ2) is 8.16. The number of nitrogens with zero attached hydrogens (tertiary/aromatic N) is 3. The van der Waals surface area contributed by atoms with Crippen LogP contribution in [0.15, 0.2) is 4.99 Å². The van der Waals surface area contributed by atoms with Crippen LogP contribution >= 0.6 is 0 Å². The fourth-order valence-electron chi connectivity index (χ4n) is 3.74. The average Bonchev–Trinajstić information content (AvgIpc) is 3.25. The van der Waals surface area contributed by atoms with E-state index in [4.69, 9.17) is 14.5 Å². The predicted octanol–water partition coefficient (Wildman–Crippen LogP) is 0.313. The highest BCUT2D eigenvalue weighted by molar-refractivity contribution is 5.81. The second-order valence-corrected chi connectivity index (χ2v) is 6.95. The molecule has 3 fully saturated rings. The van der Waals surface area contributed by atoms with Gasteiger partial charge in [0.1, 0.15) is 0 Å². The molecule has 1 N–H and O–H groups in total. The van der Waals surface area contributed by atoms with Crippen LogP contribution in [0.4, 0.5) is 0 Å². The molecule has 1 unspecified atom stereocenters. The van der Waals surface area contributed by atoms with Crippen molar-refractivity contribution in [2.75, 3.05) is 65.7 Å². The number of amides is 1. The van der Waals surface area contributed by atoms with Crippen LogP contribution in [0.3, 0.4) is 0 Å². The van der Waals surface area contributed by atoms with Gasteiger partial charge in [-0.25, -0.2) is 0 Å². The van der Waals surface area contributed by atoms with Gasteiger partial charge in [0.15, 0.2) is 5.96 Å². The zero-order valence-corrected chi connectivity index (χ0v) is 14.8. The highest BCUT2D eigenvalue weighted by Gasteiger charge is 2.42. The van der Waals surface area contributed by atoms with Crippen molar-refractivity contribution in [1.29, 1.82) is 0 Å². The lowest BCUT2D eigenvalue weighted by atomic mass is 9.87. The first kappa shape index (κ1) is 17.5. The van der Waals surface area contributed by atoms with E-state index in [1.807, 2.05) is 4.90 Å². The second-order valence-electron chi connectivity index (χ2n) is 6.95. The van der Waals surface area contributed by atoms with Gasteiger partial charge in [0.2, 0.25) is 5.91 Å². The summed E-state index contributed by atoms with van der Waals surface area (Å²) in [5, 5.41) is 3.37. The molecule has 3 aliphatic heterocycles. The van der Waals surface area contributed by atoms with Crippen molar-refractivity contribution in [1.82, 2.24) is 15.1 Å². The molecule has 3 rings (SSSR count). The van der Waals surface area contributed by atoms with Crippen LogP contribution in [0, 0.1) is 5.41 Å². The van der Waals surface area contributed by atoms with Gasteiger partial charge in [-0.1, -0.05) is 0 Å². The zero-order chi connectivity index (χ0) is 16.8. The van der Waals surface area contributed by atoms with Crippen molar-refractivity contribution in [2.45, 2.75) is 26.2 Å². The van der Waals surface area contributed by atoms with Gasteiger partial charge in [-0.2, -0.15) is 0 Å². The molecule has 3 heterocycles. The van der Waals surface area contributed by atoms with Crippen LogP contribution in [0.25, 0.3) is 0 Å². The largest absolute Gasteiger partial charge is 0.381 e. The third-order valence-electron chi connectivity index (χ3n) is 5.21. The molecule has 136 valence electrons. The summed E-state index contributed by atoms with van der Waals surface area (Å²) in [6.45, 7) is 9.96. The van der Waals surface area contributed by atoms with Crippen LogP contribution in [0.1, 0.15) is 26.2 Å². The van der Waals surface area contributed by atoms with Crippen molar-refractivity contribution in [3.63, 3.8) is 0 Å². The summed E-state index contributed by atoms with van der Waals surface area (Å²) in [5.41, 5.74) is 0.319. The summed E-state index contributed by atoms with van der Waals surface area (Å²) in [6, 6.07) is 0.